The second-order valence-corrected chi connectivity index (χ2v) is 8.24. The molecular formula is C23H28FNO3. The minimum Gasteiger partial charge on any atom is -0.505 e. The van der Waals surface area contributed by atoms with Crippen LogP contribution in [-0.2, 0) is 0 Å². The topological polar surface area (TPSA) is 41.9 Å². The number of phenols is 1. The molecule has 4 atom stereocenters. The number of hydrogen-bond acceptors (Lipinski definition) is 4. The molecule has 4 nitrogen and oxygen atoms in total. The van der Waals surface area contributed by atoms with Crippen LogP contribution in [0.5, 0.6) is 17.2 Å². The van der Waals surface area contributed by atoms with Crippen LogP contribution in [0.2, 0.25) is 0 Å². The van der Waals surface area contributed by atoms with Crippen molar-refractivity contribution in [2.24, 2.45) is 11.8 Å². The Balaban J connectivity index is 1.28. The Morgan fingerprint density at radius 3 is 2.32 bits per heavy atom. The van der Waals surface area contributed by atoms with Gasteiger partial charge in [-0.25, -0.2) is 4.39 Å². The second-order valence-electron chi connectivity index (χ2n) is 8.24. The number of likely N-dealkylation sites (tertiary alicyclic amines) is 1. The number of rotatable bonds is 6. The molecule has 0 amide bonds. The van der Waals surface area contributed by atoms with E-state index in [1.54, 1.807) is 7.11 Å². The molecule has 0 radical (unpaired) electrons. The highest BCUT2D eigenvalue weighted by atomic mass is 19.1. The lowest BCUT2D eigenvalue weighted by atomic mass is 10.0. The standard InChI is InChI=1S/C23H28FNO3/c1-15(16-3-8-23(26)22(24)11-16)12-25-13-17-9-21(10-18(17)14-25)28-20-6-4-19(27-2)5-7-20/h3-8,11,15,17-18,21,26H,9-10,12-14H2,1-2H3/t15?,17-,18+,21-. The van der Waals surface area contributed by atoms with Crippen molar-refractivity contribution in [3.8, 4) is 17.2 Å². The van der Waals surface area contributed by atoms with Gasteiger partial charge in [0.25, 0.3) is 0 Å². The molecular weight excluding hydrogens is 357 g/mol. The van der Waals surface area contributed by atoms with Crippen molar-refractivity contribution in [1.29, 1.82) is 0 Å². The molecule has 0 bridgehead atoms. The summed E-state index contributed by atoms with van der Waals surface area (Å²) < 4.78 is 25.0. The maximum Gasteiger partial charge on any atom is 0.165 e. The van der Waals surface area contributed by atoms with E-state index in [4.69, 9.17) is 9.47 Å². The van der Waals surface area contributed by atoms with Gasteiger partial charge in [-0.3, -0.25) is 0 Å². The minimum absolute atomic E-state index is 0.236. The van der Waals surface area contributed by atoms with Crippen molar-refractivity contribution in [3.05, 3.63) is 53.8 Å². The first kappa shape index (κ1) is 19.1. The Morgan fingerprint density at radius 2 is 1.71 bits per heavy atom. The molecule has 1 saturated heterocycles. The Labute approximate surface area is 165 Å². The molecule has 1 heterocycles. The highest BCUT2D eigenvalue weighted by Gasteiger charge is 2.42. The van der Waals surface area contributed by atoms with Crippen molar-refractivity contribution in [3.63, 3.8) is 0 Å². The molecule has 1 aliphatic heterocycles. The summed E-state index contributed by atoms with van der Waals surface area (Å²) in [6.45, 7) is 5.20. The Kier molecular flexibility index (Phi) is 5.44. The lowest BCUT2D eigenvalue weighted by Crippen LogP contribution is -2.28. The van der Waals surface area contributed by atoms with Gasteiger partial charge in [-0.15, -0.1) is 0 Å². The van der Waals surface area contributed by atoms with E-state index in [1.807, 2.05) is 30.3 Å². The van der Waals surface area contributed by atoms with E-state index in [0.29, 0.717) is 11.8 Å². The highest BCUT2D eigenvalue weighted by molar-refractivity contribution is 5.31. The molecule has 4 rings (SSSR count). The van der Waals surface area contributed by atoms with Gasteiger partial charge in [-0.1, -0.05) is 13.0 Å². The second kappa shape index (κ2) is 8.00. The van der Waals surface area contributed by atoms with Crippen molar-refractivity contribution in [1.82, 2.24) is 4.90 Å². The van der Waals surface area contributed by atoms with Crippen LogP contribution in [0, 0.1) is 17.7 Å². The smallest absolute Gasteiger partial charge is 0.165 e. The van der Waals surface area contributed by atoms with Gasteiger partial charge in [0.1, 0.15) is 11.5 Å². The minimum atomic E-state index is -0.541. The quantitative estimate of drug-likeness (QED) is 0.799. The van der Waals surface area contributed by atoms with Crippen LogP contribution in [-0.4, -0.2) is 42.9 Å². The average Bonchev–Trinajstić information content (AvgIpc) is 3.22. The maximum atomic E-state index is 13.6. The van der Waals surface area contributed by atoms with Gasteiger partial charge in [0.2, 0.25) is 0 Å². The molecule has 2 aliphatic rings. The average molecular weight is 385 g/mol. The molecule has 28 heavy (non-hydrogen) atoms. The molecule has 1 aliphatic carbocycles. The molecule has 150 valence electrons. The summed E-state index contributed by atoms with van der Waals surface area (Å²) in [5.74, 6) is 2.51. The highest BCUT2D eigenvalue weighted by Crippen LogP contribution is 2.40. The van der Waals surface area contributed by atoms with Gasteiger partial charge in [-0.2, -0.15) is 0 Å². The number of benzene rings is 2. The first-order valence-corrected chi connectivity index (χ1v) is 10.0. The van der Waals surface area contributed by atoms with Crippen LogP contribution >= 0.6 is 0 Å². The fraction of sp³-hybridized carbons (Fsp3) is 0.478. The van der Waals surface area contributed by atoms with Crippen LogP contribution in [0.4, 0.5) is 4.39 Å². The number of phenolic OH excluding ortho intramolecular Hbond substituents is 1. The molecule has 2 aromatic rings. The first-order chi connectivity index (χ1) is 13.5. The summed E-state index contributed by atoms with van der Waals surface area (Å²) in [7, 11) is 1.67. The van der Waals surface area contributed by atoms with Crippen LogP contribution in [0.3, 0.4) is 0 Å². The zero-order chi connectivity index (χ0) is 19.7. The normalized spacial score (nSPS) is 25.5. The summed E-state index contributed by atoms with van der Waals surface area (Å²) >= 11 is 0. The van der Waals surface area contributed by atoms with Gasteiger partial charge < -0.3 is 19.5 Å². The Bertz CT molecular complexity index is 796. The monoisotopic (exact) mass is 385 g/mol. The van der Waals surface area contributed by atoms with E-state index < -0.39 is 5.82 Å². The van der Waals surface area contributed by atoms with E-state index in [0.717, 1.165) is 49.5 Å². The van der Waals surface area contributed by atoms with Crippen LogP contribution in [0.1, 0.15) is 31.2 Å². The predicted octanol–water partition coefficient (Wildman–Crippen LogP) is 4.43. The van der Waals surface area contributed by atoms with Gasteiger partial charge in [0.15, 0.2) is 11.6 Å². The largest absolute Gasteiger partial charge is 0.505 e. The fourth-order valence-corrected chi connectivity index (χ4v) is 4.76. The Morgan fingerprint density at radius 1 is 1.07 bits per heavy atom. The van der Waals surface area contributed by atoms with E-state index in [2.05, 4.69) is 11.8 Å². The van der Waals surface area contributed by atoms with Crippen LogP contribution in [0.25, 0.3) is 0 Å². The summed E-state index contributed by atoms with van der Waals surface area (Å²) in [4.78, 5) is 2.49. The van der Waals surface area contributed by atoms with Gasteiger partial charge >= 0.3 is 0 Å². The number of hydrogen-bond donors (Lipinski definition) is 1. The number of ether oxygens (including phenoxy) is 2. The van der Waals surface area contributed by atoms with Crippen molar-refractivity contribution < 1.29 is 19.0 Å². The summed E-state index contributed by atoms with van der Waals surface area (Å²) in [5.41, 5.74) is 0.938. The summed E-state index contributed by atoms with van der Waals surface area (Å²) in [5, 5.41) is 9.37. The SMILES string of the molecule is COc1ccc(O[C@@H]2C[C@@H]3CN(CC(C)c4ccc(O)c(F)c4)C[C@@H]3C2)cc1. The number of halogens is 1. The fourth-order valence-electron chi connectivity index (χ4n) is 4.76. The van der Waals surface area contributed by atoms with E-state index in [1.165, 1.54) is 12.1 Å². The number of fused-ring (bicyclic) bond motifs is 1. The molecule has 1 N–H and O–H groups in total. The summed E-state index contributed by atoms with van der Waals surface area (Å²) in [6.07, 6.45) is 2.47. The third kappa shape index (κ3) is 4.09. The number of methoxy groups -OCH3 is 1. The molecule has 1 saturated carbocycles. The number of nitrogens with zero attached hydrogens (tertiary/aromatic N) is 1. The van der Waals surface area contributed by atoms with Crippen molar-refractivity contribution in [2.45, 2.75) is 31.8 Å². The van der Waals surface area contributed by atoms with Crippen LogP contribution < -0.4 is 9.47 Å². The van der Waals surface area contributed by atoms with Gasteiger partial charge in [0.05, 0.1) is 13.2 Å². The molecule has 2 aromatic carbocycles. The maximum absolute atomic E-state index is 13.6. The first-order valence-electron chi connectivity index (χ1n) is 10.0. The van der Waals surface area contributed by atoms with E-state index in [-0.39, 0.29) is 17.8 Å². The van der Waals surface area contributed by atoms with E-state index >= 15 is 0 Å². The zero-order valence-corrected chi connectivity index (χ0v) is 16.5. The summed E-state index contributed by atoms with van der Waals surface area (Å²) in [6, 6.07) is 12.5. The molecule has 1 unspecified atom stereocenters. The predicted molar refractivity (Wildman–Crippen MR) is 107 cm³/mol. The van der Waals surface area contributed by atoms with Gasteiger partial charge in [0, 0.05) is 19.6 Å². The lowest BCUT2D eigenvalue weighted by Gasteiger charge is -2.23. The number of aromatic hydroxyl groups is 1. The third-order valence-electron chi connectivity index (χ3n) is 6.22. The lowest BCUT2D eigenvalue weighted by molar-refractivity contribution is 0.184. The third-order valence-corrected chi connectivity index (χ3v) is 6.22. The van der Waals surface area contributed by atoms with Crippen LogP contribution in [0.15, 0.2) is 42.5 Å². The molecule has 0 spiro atoms. The molecule has 5 heteroatoms. The van der Waals surface area contributed by atoms with E-state index in [9.17, 15) is 9.50 Å². The van der Waals surface area contributed by atoms with Gasteiger partial charge in [-0.05, 0) is 72.6 Å². The van der Waals surface area contributed by atoms with Crippen molar-refractivity contribution in [2.75, 3.05) is 26.7 Å². The molecule has 0 aromatic heterocycles. The Hall–Kier alpha value is -2.27. The van der Waals surface area contributed by atoms with Crippen molar-refractivity contribution >= 4 is 0 Å². The zero-order valence-electron chi connectivity index (χ0n) is 16.5. The molecule has 2 fully saturated rings.